The first-order valence-electron chi connectivity index (χ1n) is 4.84. The van der Waals surface area contributed by atoms with Crippen LogP contribution in [0.15, 0.2) is 6.20 Å². The molecule has 2 amide bonds. The summed E-state index contributed by atoms with van der Waals surface area (Å²) in [5.74, 6) is -1.13. The highest BCUT2D eigenvalue weighted by atomic mass is 32.1. The zero-order valence-corrected chi connectivity index (χ0v) is 9.42. The van der Waals surface area contributed by atoms with Crippen molar-refractivity contribution in [3.8, 4) is 0 Å². The number of anilines is 1. The molecule has 2 heterocycles. The summed E-state index contributed by atoms with van der Waals surface area (Å²) < 4.78 is 3.56. The molecule has 2 atom stereocenters. The average molecular weight is 258 g/mol. The number of aliphatic carboxylic acids is 1. The lowest BCUT2D eigenvalue weighted by Gasteiger charge is -2.20. The highest BCUT2D eigenvalue weighted by Crippen LogP contribution is 2.20. The van der Waals surface area contributed by atoms with E-state index < -0.39 is 24.1 Å². The zero-order chi connectivity index (χ0) is 12.4. The fraction of sp³-hybridized carbons (Fsp3) is 0.500. The molecule has 92 valence electrons. The molecule has 0 spiro atoms. The number of aromatic nitrogens is 2. The average Bonchev–Trinajstić information content (AvgIpc) is 2.86. The van der Waals surface area contributed by atoms with Crippen molar-refractivity contribution in [1.82, 2.24) is 14.5 Å². The fourth-order valence-corrected chi connectivity index (χ4v) is 2.08. The minimum absolute atomic E-state index is 0.00896. The number of aliphatic hydroxyl groups excluding tert-OH is 1. The number of carbonyl (C=O) groups is 2. The summed E-state index contributed by atoms with van der Waals surface area (Å²) in [7, 11) is 0. The van der Waals surface area contributed by atoms with E-state index in [-0.39, 0.29) is 13.0 Å². The molecular formula is C8H10N4O4S. The molecule has 3 N–H and O–H groups in total. The molecule has 1 aromatic rings. The number of aliphatic hydroxyl groups is 1. The summed E-state index contributed by atoms with van der Waals surface area (Å²) in [6, 6.07) is -1.56. The van der Waals surface area contributed by atoms with Gasteiger partial charge < -0.3 is 15.1 Å². The molecule has 1 saturated heterocycles. The molecule has 0 aliphatic carbocycles. The van der Waals surface area contributed by atoms with Gasteiger partial charge in [-0.05, 0) is 0 Å². The van der Waals surface area contributed by atoms with Crippen molar-refractivity contribution >= 4 is 28.5 Å². The first-order chi connectivity index (χ1) is 8.08. The largest absolute Gasteiger partial charge is 0.480 e. The number of likely N-dealkylation sites (tertiary alicyclic amines) is 1. The van der Waals surface area contributed by atoms with Crippen LogP contribution in [0.4, 0.5) is 9.80 Å². The number of hydrogen-bond donors (Lipinski definition) is 3. The molecule has 1 aromatic heterocycles. The van der Waals surface area contributed by atoms with Crippen LogP contribution in [0, 0.1) is 0 Å². The summed E-state index contributed by atoms with van der Waals surface area (Å²) in [4.78, 5) is 23.8. The SMILES string of the molecule is O=C(O)[C@H]1C[C@@H](O)CN1C(=O)Nc1cnns1. The van der Waals surface area contributed by atoms with Crippen LogP contribution in [-0.4, -0.2) is 55.4 Å². The van der Waals surface area contributed by atoms with Crippen molar-refractivity contribution < 1.29 is 19.8 Å². The molecule has 0 unspecified atom stereocenters. The van der Waals surface area contributed by atoms with E-state index in [9.17, 15) is 14.7 Å². The Morgan fingerprint density at radius 1 is 1.59 bits per heavy atom. The van der Waals surface area contributed by atoms with Crippen molar-refractivity contribution in [3.05, 3.63) is 6.20 Å². The molecule has 0 bridgehead atoms. The van der Waals surface area contributed by atoms with Gasteiger partial charge in [0.1, 0.15) is 11.0 Å². The van der Waals surface area contributed by atoms with Gasteiger partial charge >= 0.3 is 12.0 Å². The van der Waals surface area contributed by atoms with Crippen LogP contribution >= 0.6 is 11.5 Å². The number of rotatable bonds is 2. The van der Waals surface area contributed by atoms with Crippen molar-refractivity contribution in [2.24, 2.45) is 0 Å². The highest BCUT2D eigenvalue weighted by Gasteiger charge is 2.39. The number of carbonyl (C=O) groups excluding carboxylic acids is 1. The minimum Gasteiger partial charge on any atom is -0.480 e. The Labute approximate surface area is 100 Å². The molecule has 2 rings (SSSR count). The lowest BCUT2D eigenvalue weighted by Crippen LogP contribution is -2.42. The summed E-state index contributed by atoms with van der Waals surface area (Å²) in [5.41, 5.74) is 0. The molecule has 0 aromatic carbocycles. The monoisotopic (exact) mass is 258 g/mol. The molecule has 1 aliphatic heterocycles. The Bertz CT molecular complexity index is 423. The van der Waals surface area contributed by atoms with Gasteiger partial charge in [0.2, 0.25) is 0 Å². The molecule has 1 aliphatic rings. The number of urea groups is 1. The maximum absolute atomic E-state index is 11.8. The molecule has 1 fully saturated rings. The van der Waals surface area contributed by atoms with Crippen molar-refractivity contribution in [3.63, 3.8) is 0 Å². The number of carboxylic acids is 1. The van der Waals surface area contributed by atoms with Crippen LogP contribution in [0.2, 0.25) is 0 Å². The van der Waals surface area contributed by atoms with E-state index in [1.54, 1.807) is 0 Å². The van der Waals surface area contributed by atoms with Gasteiger partial charge in [0.25, 0.3) is 0 Å². The predicted molar refractivity (Wildman–Crippen MR) is 57.7 cm³/mol. The summed E-state index contributed by atoms with van der Waals surface area (Å²) in [6.45, 7) is 0.00896. The lowest BCUT2D eigenvalue weighted by atomic mass is 10.2. The third-order valence-electron chi connectivity index (χ3n) is 2.42. The van der Waals surface area contributed by atoms with Crippen LogP contribution in [0.3, 0.4) is 0 Å². The quantitative estimate of drug-likeness (QED) is 0.664. The Balaban J connectivity index is 2.05. The topological polar surface area (TPSA) is 116 Å². The number of nitrogens with zero attached hydrogens (tertiary/aromatic N) is 3. The maximum atomic E-state index is 11.8. The van der Waals surface area contributed by atoms with Gasteiger partial charge in [-0.3, -0.25) is 5.32 Å². The van der Waals surface area contributed by atoms with E-state index in [0.29, 0.717) is 5.00 Å². The second kappa shape index (κ2) is 4.63. The normalized spacial score (nSPS) is 23.7. The van der Waals surface area contributed by atoms with Gasteiger partial charge in [-0.2, -0.15) is 0 Å². The highest BCUT2D eigenvalue weighted by molar-refractivity contribution is 7.10. The van der Waals surface area contributed by atoms with Crippen LogP contribution in [0.1, 0.15) is 6.42 Å². The van der Waals surface area contributed by atoms with Gasteiger partial charge in [0.05, 0.1) is 12.3 Å². The number of amides is 2. The summed E-state index contributed by atoms with van der Waals surface area (Å²) in [5, 5.41) is 24.8. The third-order valence-corrected chi connectivity index (χ3v) is 3.00. The Hall–Kier alpha value is -1.74. The fourth-order valence-electron chi connectivity index (χ4n) is 1.67. The van der Waals surface area contributed by atoms with E-state index in [1.165, 1.54) is 6.20 Å². The predicted octanol–water partition coefficient (Wildman–Crippen LogP) is -0.410. The molecule has 8 nitrogen and oxygen atoms in total. The van der Waals surface area contributed by atoms with E-state index in [1.807, 2.05) is 0 Å². The first-order valence-corrected chi connectivity index (χ1v) is 5.61. The van der Waals surface area contributed by atoms with Crippen LogP contribution in [-0.2, 0) is 4.79 Å². The van der Waals surface area contributed by atoms with Crippen molar-refractivity contribution in [2.45, 2.75) is 18.6 Å². The standard InChI is InChI=1S/C8H10N4O4S/c13-4-1-5(7(14)15)12(3-4)8(16)10-6-2-9-11-17-6/h2,4-5,13H,1,3H2,(H,10,16)(H,14,15)/t4-,5-/m1/s1. The Morgan fingerprint density at radius 3 is 2.94 bits per heavy atom. The summed E-state index contributed by atoms with van der Waals surface area (Å²) in [6.07, 6.45) is 0.607. The zero-order valence-electron chi connectivity index (χ0n) is 8.61. The Morgan fingerprint density at radius 2 is 2.35 bits per heavy atom. The number of carboxylic acid groups (broad SMARTS) is 1. The smallest absolute Gasteiger partial charge is 0.326 e. The number of β-amino-alcohol motifs (C(OH)–C–C–N with tert-alkyl or cyclic N) is 1. The third kappa shape index (κ3) is 2.50. The van der Waals surface area contributed by atoms with Crippen LogP contribution in [0.25, 0.3) is 0 Å². The molecule has 0 radical (unpaired) electrons. The molecule has 17 heavy (non-hydrogen) atoms. The lowest BCUT2D eigenvalue weighted by molar-refractivity contribution is -0.141. The Kier molecular flexibility index (Phi) is 3.20. The first kappa shape index (κ1) is 11.7. The summed E-state index contributed by atoms with van der Waals surface area (Å²) >= 11 is 0.991. The van der Waals surface area contributed by atoms with Gasteiger partial charge in [0.15, 0.2) is 0 Å². The second-order valence-electron chi connectivity index (χ2n) is 3.61. The second-order valence-corrected chi connectivity index (χ2v) is 4.39. The van der Waals surface area contributed by atoms with Crippen LogP contribution in [0.5, 0.6) is 0 Å². The van der Waals surface area contributed by atoms with Crippen molar-refractivity contribution in [1.29, 1.82) is 0 Å². The van der Waals surface area contributed by atoms with E-state index in [4.69, 9.17) is 5.11 Å². The minimum atomic E-state index is -1.13. The van der Waals surface area contributed by atoms with Gasteiger partial charge in [-0.25, -0.2) is 9.59 Å². The van der Waals surface area contributed by atoms with Gasteiger partial charge in [-0.15, -0.1) is 5.10 Å². The van der Waals surface area contributed by atoms with E-state index >= 15 is 0 Å². The van der Waals surface area contributed by atoms with Gasteiger partial charge in [0, 0.05) is 24.5 Å². The number of nitrogens with one attached hydrogen (secondary N) is 1. The van der Waals surface area contributed by atoms with E-state index in [2.05, 4.69) is 14.9 Å². The van der Waals surface area contributed by atoms with Gasteiger partial charge in [-0.1, -0.05) is 4.49 Å². The number of hydrogen-bond acceptors (Lipinski definition) is 6. The van der Waals surface area contributed by atoms with E-state index in [0.717, 1.165) is 16.4 Å². The maximum Gasteiger partial charge on any atom is 0.326 e. The molecular weight excluding hydrogens is 248 g/mol. The molecule has 0 saturated carbocycles. The van der Waals surface area contributed by atoms with Crippen LogP contribution < -0.4 is 5.32 Å². The van der Waals surface area contributed by atoms with Crippen molar-refractivity contribution in [2.75, 3.05) is 11.9 Å². The molecule has 9 heteroatoms.